The van der Waals surface area contributed by atoms with Crippen molar-refractivity contribution in [3.8, 4) is 11.5 Å². The first-order chi connectivity index (χ1) is 11.2. The lowest BCUT2D eigenvalue weighted by atomic mass is 9.96. The molecule has 4 heteroatoms. The second kappa shape index (κ2) is 6.84. The van der Waals surface area contributed by atoms with Gasteiger partial charge in [-0.15, -0.1) is 0 Å². The van der Waals surface area contributed by atoms with Gasteiger partial charge < -0.3 is 14.8 Å². The van der Waals surface area contributed by atoms with Gasteiger partial charge in [-0.3, -0.25) is 4.79 Å². The van der Waals surface area contributed by atoms with E-state index in [1.54, 1.807) is 0 Å². The fraction of sp³-hybridized carbons (Fsp3) is 0.316. The molecule has 0 spiro atoms. The van der Waals surface area contributed by atoms with E-state index in [2.05, 4.69) is 5.32 Å². The third-order valence-corrected chi connectivity index (χ3v) is 4.01. The predicted molar refractivity (Wildman–Crippen MR) is 89.2 cm³/mol. The highest BCUT2D eigenvalue weighted by Gasteiger charge is 2.15. The van der Waals surface area contributed by atoms with Gasteiger partial charge >= 0.3 is 0 Å². The SMILES string of the molecule is CNCc1ccc(C)cc1C(=O)CCc1ccc2c(c1)OCO2. The number of ketones is 1. The topological polar surface area (TPSA) is 47.6 Å². The number of aryl methyl sites for hydroxylation is 2. The highest BCUT2D eigenvalue weighted by molar-refractivity contribution is 5.97. The van der Waals surface area contributed by atoms with Gasteiger partial charge in [-0.1, -0.05) is 23.8 Å². The molecule has 0 saturated carbocycles. The lowest BCUT2D eigenvalue weighted by Crippen LogP contribution is -2.12. The molecule has 0 unspecified atom stereocenters. The maximum atomic E-state index is 12.6. The Bertz CT molecular complexity index is 725. The Morgan fingerprint density at radius 3 is 2.78 bits per heavy atom. The van der Waals surface area contributed by atoms with Crippen molar-refractivity contribution in [3.05, 3.63) is 58.7 Å². The van der Waals surface area contributed by atoms with Crippen LogP contribution in [-0.2, 0) is 13.0 Å². The van der Waals surface area contributed by atoms with Crippen LogP contribution in [0, 0.1) is 6.92 Å². The van der Waals surface area contributed by atoms with Gasteiger partial charge in [0.1, 0.15) is 0 Å². The molecule has 1 N–H and O–H groups in total. The lowest BCUT2D eigenvalue weighted by Gasteiger charge is -2.10. The molecule has 4 nitrogen and oxygen atoms in total. The van der Waals surface area contributed by atoms with E-state index in [4.69, 9.17) is 9.47 Å². The van der Waals surface area contributed by atoms with E-state index < -0.39 is 0 Å². The molecule has 0 saturated heterocycles. The molecule has 0 bridgehead atoms. The van der Waals surface area contributed by atoms with Crippen LogP contribution in [0.15, 0.2) is 36.4 Å². The van der Waals surface area contributed by atoms with Gasteiger partial charge in [0.25, 0.3) is 0 Å². The summed E-state index contributed by atoms with van der Waals surface area (Å²) in [5.74, 6) is 1.72. The molecular weight excluding hydrogens is 290 g/mol. The van der Waals surface area contributed by atoms with Gasteiger partial charge in [0.15, 0.2) is 17.3 Å². The van der Waals surface area contributed by atoms with E-state index in [0.717, 1.165) is 33.8 Å². The van der Waals surface area contributed by atoms with Crippen molar-refractivity contribution in [1.29, 1.82) is 0 Å². The summed E-state index contributed by atoms with van der Waals surface area (Å²) in [5.41, 5.74) is 4.07. The van der Waals surface area contributed by atoms with Crippen LogP contribution in [0.4, 0.5) is 0 Å². The number of hydrogen-bond acceptors (Lipinski definition) is 4. The number of benzene rings is 2. The van der Waals surface area contributed by atoms with Crippen molar-refractivity contribution in [1.82, 2.24) is 5.32 Å². The zero-order chi connectivity index (χ0) is 16.2. The molecule has 2 aromatic carbocycles. The van der Waals surface area contributed by atoms with E-state index in [1.807, 2.05) is 50.4 Å². The third kappa shape index (κ3) is 3.54. The number of nitrogens with one attached hydrogen (secondary N) is 1. The molecule has 0 radical (unpaired) electrons. The number of hydrogen-bond donors (Lipinski definition) is 1. The first kappa shape index (κ1) is 15.6. The Morgan fingerprint density at radius 2 is 1.96 bits per heavy atom. The highest BCUT2D eigenvalue weighted by atomic mass is 16.7. The van der Waals surface area contributed by atoms with Crippen LogP contribution in [0.5, 0.6) is 11.5 Å². The highest BCUT2D eigenvalue weighted by Crippen LogP contribution is 2.32. The van der Waals surface area contributed by atoms with Gasteiger partial charge in [0.05, 0.1) is 0 Å². The number of carbonyl (C=O) groups excluding carboxylic acids is 1. The average molecular weight is 311 g/mol. The van der Waals surface area contributed by atoms with Gasteiger partial charge in [0.2, 0.25) is 6.79 Å². The molecule has 120 valence electrons. The van der Waals surface area contributed by atoms with Crippen LogP contribution in [0.3, 0.4) is 0 Å². The zero-order valence-electron chi connectivity index (χ0n) is 13.5. The molecule has 0 aromatic heterocycles. The summed E-state index contributed by atoms with van der Waals surface area (Å²) in [7, 11) is 1.89. The summed E-state index contributed by atoms with van der Waals surface area (Å²) in [6, 6.07) is 11.9. The second-order valence-corrected chi connectivity index (χ2v) is 5.80. The van der Waals surface area contributed by atoms with Gasteiger partial charge in [-0.05, 0) is 49.7 Å². The van der Waals surface area contributed by atoms with Crippen LogP contribution in [0.25, 0.3) is 0 Å². The molecule has 1 aliphatic heterocycles. The van der Waals surface area contributed by atoms with Crippen LogP contribution in [0.2, 0.25) is 0 Å². The Labute approximate surface area is 136 Å². The summed E-state index contributed by atoms with van der Waals surface area (Å²) < 4.78 is 10.7. The Morgan fingerprint density at radius 1 is 1.13 bits per heavy atom. The van der Waals surface area contributed by atoms with Crippen LogP contribution in [0.1, 0.15) is 33.5 Å². The quantitative estimate of drug-likeness (QED) is 0.832. The Balaban J connectivity index is 1.71. The zero-order valence-corrected chi connectivity index (χ0v) is 13.5. The fourth-order valence-corrected chi connectivity index (χ4v) is 2.78. The molecule has 1 heterocycles. The minimum absolute atomic E-state index is 0.177. The Kier molecular flexibility index (Phi) is 4.63. The summed E-state index contributed by atoms with van der Waals surface area (Å²) >= 11 is 0. The van der Waals surface area contributed by atoms with Gasteiger partial charge in [0, 0.05) is 18.5 Å². The van der Waals surface area contributed by atoms with Crippen LogP contribution >= 0.6 is 0 Å². The average Bonchev–Trinajstić information content (AvgIpc) is 3.02. The number of fused-ring (bicyclic) bond motifs is 1. The summed E-state index contributed by atoms with van der Waals surface area (Å²) in [6.45, 7) is 2.98. The van der Waals surface area contributed by atoms with Crippen molar-refractivity contribution >= 4 is 5.78 Å². The molecular formula is C19H21NO3. The molecule has 0 fully saturated rings. The van der Waals surface area contributed by atoms with Gasteiger partial charge in [-0.2, -0.15) is 0 Å². The summed E-state index contributed by atoms with van der Waals surface area (Å²) in [5, 5.41) is 3.12. The van der Waals surface area contributed by atoms with E-state index >= 15 is 0 Å². The first-order valence-corrected chi connectivity index (χ1v) is 7.83. The molecule has 0 aliphatic carbocycles. The number of carbonyl (C=O) groups is 1. The standard InChI is InChI=1S/C19H21NO3/c1-13-3-6-15(11-20-2)16(9-13)17(21)7-4-14-5-8-18-19(10-14)23-12-22-18/h3,5-6,8-10,20H,4,7,11-12H2,1-2H3. The minimum atomic E-state index is 0.177. The normalized spacial score (nSPS) is 12.4. The fourth-order valence-electron chi connectivity index (χ4n) is 2.78. The lowest BCUT2D eigenvalue weighted by molar-refractivity contribution is 0.0981. The van der Waals surface area contributed by atoms with Crippen molar-refractivity contribution in [3.63, 3.8) is 0 Å². The van der Waals surface area contributed by atoms with E-state index in [-0.39, 0.29) is 12.6 Å². The predicted octanol–water partition coefficient (Wildman–Crippen LogP) is 3.26. The molecule has 3 rings (SSSR count). The monoisotopic (exact) mass is 311 g/mol. The molecule has 1 aliphatic rings. The van der Waals surface area contributed by atoms with Crippen molar-refractivity contribution in [2.45, 2.75) is 26.3 Å². The van der Waals surface area contributed by atoms with Crippen LogP contribution < -0.4 is 14.8 Å². The molecule has 2 aromatic rings. The van der Waals surface area contributed by atoms with Crippen molar-refractivity contribution < 1.29 is 14.3 Å². The maximum Gasteiger partial charge on any atom is 0.231 e. The molecule has 0 amide bonds. The maximum absolute atomic E-state index is 12.6. The van der Waals surface area contributed by atoms with E-state index in [0.29, 0.717) is 19.4 Å². The number of Topliss-reactive ketones (excluding diaryl/α,β-unsaturated/α-hetero) is 1. The van der Waals surface area contributed by atoms with E-state index in [1.165, 1.54) is 0 Å². The summed E-state index contributed by atoms with van der Waals surface area (Å²) in [6.07, 6.45) is 1.18. The van der Waals surface area contributed by atoms with E-state index in [9.17, 15) is 4.79 Å². The van der Waals surface area contributed by atoms with Crippen molar-refractivity contribution in [2.75, 3.05) is 13.8 Å². The van der Waals surface area contributed by atoms with Crippen LogP contribution in [-0.4, -0.2) is 19.6 Å². The summed E-state index contributed by atoms with van der Waals surface area (Å²) in [4.78, 5) is 12.6. The largest absolute Gasteiger partial charge is 0.454 e. The minimum Gasteiger partial charge on any atom is -0.454 e. The molecule has 23 heavy (non-hydrogen) atoms. The third-order valence-electron chi connectivity index (χ3n) is 4.01. The van der Waals surface area contributed by atoms with Gasteiger partial charge in [-0.25, -0.2) is 0 Å². The number of ether oxygens (including phenoxy) is 2. The molecule has 0 atom stereocenters. The second-order valence-electron chi connectivity index (χ2n) is 5.80. The van der Waals surface area contributed by atoms with Crippen molar-refractivity contribution in [2.24, 2.45) is 0 Å². The number of rotatable bonds is 6. The smallest absolute Gasteiger partial charge is 0.231 e. The Hall–Kier alpha value is -2.33. The first-order valence-electron chi connectivity index (χ1n) is 7.83.